The molecular formula is C30H38N4O7. The highest BCUT2D eigenvalue weighted by Gasteiger charge is 2.37. The minimum Gasteiger partial charge on any atom is -0.494 e. The van der Waals surface area contributed by atoms with Gasteiger partial charge in [0.05, 0.1) is 20.8 Å². The van der Waals surface area contributed by atoms with Crippen molar-refractivity contribution in [1.82, 2.24) is 10.5 Å². The highest BCUT2D eigenvalue weighted by Crippen LogP contribution is 2.40. The predicted octanol–water partition coefficient (Wildman–Crippen LogP) is 4.81. The van der Waals surface area contributed by atoms with Gasteiger partial charge in [0.25, 0.3) is 0 Å². The third-order valence-electron chi connectivity index (χ3n) is 5.87. The van der Waals surface area contributed by atoms with Gasteiger partial charge in [-0.1, -0.05) is 23.4 Å². The standard InChI is InChI=1S/C30H38N4O7/c1-8-40-21-12-9-11-20(18-21)34(26(36)16-15-25(35)31-24-17-19(2)41-33-24)27(29(37)32-30(3,4)5)22-13-10-14-23(38-6)28(22)39-7/h9-14,17-18,27H,8,15-16H2,1-7H3,(H,32,37)(H,31,33,35)/t27-/m0/s1. The number of methoxy groups -OCH3 is 2. The number of carbonyl (C=O) groups excluding carboxylic acids is 3. The van der Waals surface area contributed by atoms with Crippen molar-refractivity contribution in [3.63, 3.8) is 0 Å². The number of aromatic nitrogens is 1. The Morgan fingerprint density at radius 1 is 1.02 bits per heavy atom. The number of benzene rings is 2. The molecule has 1 aromatic heterocycles. The SMILES string of the molecule is CCOc1cccc(N(C(=O)CCC(=O)Nc2cc(C)on2)[C@H](C(=O)NC(C)(C)C)c2cccc(OC)c2OC)c1. The number of aryl methyl sites for hydroxylation is 1. The molecule has 41 heavy (non-hydrogen) atoms. The van der Waals surface area contributed by atoms with E-state index in [1.165, 1.54) is 19.1 Å². The van der Waals surface area contributed by atoms with Gasteiger partial charge < -0.3 is 29.4 Å². The van der Waals surface area contributed by atoms with Crippen molar-refractivity contribution in [3.8, 4) is 17.2 Å². The lowest BCUT2D eigenvalue weighted by Crippen LogP contribution is -2.49. The van der Waals surface area contributed by atoms with Gasteiger partial charge in [-0.2, -0.15) is 0 Å². The van der Waals surface area contributed by atoms with Crippen LogP contribution in [0.3, 0.4) is 0 Å². The second-order valence-corrected chi connectivity index (χ2v) is 10.3. The average molecular weight is 567 g/mol. The van der Waals surface area contributed by atoms with E-state index in [-0.39, 0.29) is 18.7 Å². The van der Waals surface area contributed by atoms with Crippen molar-refractivity contribution in [2.75, 3.05) is 31.0 Å². The van der Waals surface area contributed by atoms with E-state index >= 15 is 0 Å². The molecule has 0 saturated heterocycles. The monoisotopic (exact) mass is 566 g/mol. The molecule has 2 N–H and O–H groups in total. The van der Waals surface area contributed by atoms with Crippen molar-refractivity contribution in [3.05, 3.63) is 59.9 Å². The topological polar surface area (TPSA) is 132 Å². The zero-order valence-corrected chi connectivity index (χ0v) is 24.6. The van der Waals surface area contributed by atoms with Gasteiger partial charge in [0, 0.05) is 41.8 Å². The fraction of sp³-hybridized carbons (Fsp3) is 0.400. The Labute approximate surface area is 240 Å². The number of carbonyl (C=O) groups is 3. The van der Waals surface area contributed by atoms with Crippen LogP contribution >= 0.6 is 0 Å². The average Bonchev–Trinajstić information content (AvgIpc) is 3.33. The molecular weight excluding hydrogens is 528 g/mol. The number of rotatable bonds is 12. The lowest BCUT2D eigenvalue weighted by Gasteiger charge is -2.34. The van der Waals surface area contributed by atoms with Crippen molar-refractivity contribution in [2.24, 2.45) is 0 Å². The van der Waals surface area contributed by atoms with E-state index in [0.717, 1.165) is 0 Å². The van der Waals surface area contributed by atoms with Crippen LogP contribution in [0.1, 0.15) is 57.9 Å². The van der Waals surface area contributed by atoms with E-state index in [4.69, 9.17) is 18.7 Å². The molecule has 3 rings (SSSR count). The first kappa shape index (κ1) is 31.0. The summed E-state index contributed by atoms with van der Waals surface area (Å²) >= 11 is 0. The molecule has 0 saturated carbocycles. The Bertz CT molecular complexity index is 1360. The summed E-state index contributed by atoms with van der Waals surface area (Å²) in [6, 6.07) is 12.4. The number of hydrogen-bond donors (Lipinski definition) is 2. The minimum atomic E-state index is -1.18. The number of ether oxygens (including phenoxy) is 3. The van der Waals surface area contributed by atoms with Crippen molar-refractivity contribution < 1.29 is 33.1 Å². The second kappa shape index (κ2) is 13.7. The van der Waals surface area contributed by atoms with Crippen molar-refractivity contribution in [1.29, 1.82) is 0 Å². The lowest BCUT2D eigenvalue weighted by molar-refractivity contribution is -0.128. The molecule has 0 spiro atoms. The Balaban J connectivity index is 2.09. The molecule has 0 bridgehead atoms. The zero-order chi connectivity index (χ0) is 30.2. The van der Waals surface area contributed by atoms with Gasteiger partial charge in [0.2, 0.25) is 17.7 Å². The molecule has 0 unspecified atom stereocenters. The molecule has 0 fully saturated rings. The third kappa shape index (κ3) is 8.23. The number of anilines is 2. The number of hydrogen-bond acceptors (Lipinski definition) is 8. The van der Waals surface area contributed by atoms with Gasteiger partial charge in [-0.15, -0.1) is 0 Å². The Hall–Kier alpha value is -4.54. The summed E-state index contributed by atoms with van der Waals surface area (Å²) in [5.41, 5.74) is 0.206. The van der Waals surface area contributed by atoms with Gasteiger partial charge in [-0.3, -0.25) is 19.3 Å². The molecule has 0 radical (unpaired) electrons. The molecule has 11 heteroatoms. The van der Waals surface area contributed by atoms with Crippen LogP contribution in [0, 0.1) is 6.92 Å². The highest BCUT2D eigenvalue weighted by atomic mass is 16.5. The van der Waals surface area contributed by atoms with Crippen molar-refractivity contribution in [2.45, 2.75) is 59.0 Å². The highest BCUT2D eigenvalue weighted by molar-refractivity contribution is 6.03. The minimum absolute atomic E-state index is 0.157. The molecule has 11 nitrogen and oxygen atoms in total. The predicted molar refractivity (Wildman–Crippen MR) is 154 cm³/mol. The Kier molecular flexibility index (Phi) is 10.3. The van der Waals surface area contributed by atoms with Crippen LogP contribution in [0.15, 0.2) is 53.1 Å². The van der Waals surface area contributed by atoms with E-state index in [9.17, 15) is 14.4 Å². The first-order chi connectivity index (χ1) is 19.5. The number of nitrogens with zero attached hydrogens (tertiary/aromatic N) is 2. The van der Waals surface area contributed by atoms with Crippen LogP contribution in [0.25, 0.3) is 0 Å². The molecule has 3 amide bonds. The van der Waals surface area contributed by atoms with Crippen LogP contribution in [0.5, 0.6) is 17.2 Å². The largest absolute Gasteiger partial charge is 0.494 e. The molecule has 1 heterocycles. The van der Waals surface area contributed by atoms with Gasteiger partial charge in [-0.25, -0.2) is 0 Å². The van der Waals surface area contributed by atoms with Crippen molar-refractivity contribution >= 4 is 29.2 Å². The first-order valence-corrected chi connectivity index (χ1v) is 13.3. The van der Waals surface area contributed by atoms with Crippen LogP contribution < -0.4 is 29.7 Å². The summed E-state index contributed by atoms with van der Waals surface area (Å²) in [6.07, 6.45) is -0.359. The van der Waals surface area contributed by atoms with E-state index in [2.05, 4.69) is 15.8 Å². The zero-order valence-electron chi connectivity index (χ0n) is 24.6. The molecule has 0 aliphatic heterocycles. The van der Waals surface area contributed by atoms with E-state index in [0.29, 0.717) is 40.9 Å². The number of para-hydroxylation sites is 1. The van der Waals surface area contributed by atoms with Crippen LogP contribution in [0.4, 0.5) is 11.5 Å². The van der Waals surface area contributed by atoms with Gasteiger partial charge >= 0.3 is 0 Å². The summed E-state index contributed by atoms with van der Waals surface area (Å²) in [7, 11) is 2.97. The van der Waals surface area contributed by atoms with Gasteiger partial charge in [0.15, 0.2) is 17.3 Å². The second-order valence-electron chi connectivity index (χ2n) is 10.3. The lowest BCUT2D eigenvalue weighted by atomic mass is 9.98. The maximum atomic E-state index is 14.0. The number of amides is 3. The molecule has 3 aromatic rings. The van der Waals surface area contributed by atoms with E-state index in [1.54, 1.807) is 55.5 Å². The summed E-state index contributed by atoms with van der Waals surface area (Å²) in [5.74, 6) is 0.685. The normalized spacial score (nSPS) is 11.8. The Morgan fingerprint density at radius 3 is 2.37 bits per heavy atom. The summed E-state index contributed by atoms with van der Waals surface area (Å²) < 4.78 is 21.8. The third-order valence-corrected chi connectivity index (χ3v) is 5.87. The molecule has 0 aliphatic carbocycles. The fourth-order valence-electron chi connectivity index (χ4n) is 4.26. The summed E-state index contributed by atoms with van der Waals surface area (Å²) in [6.45, 7) is 9.52. The Morgan fingerprint density at radius 2 is 1.76 bits per heavy atom. The summed E-state index contributed by atoms with van der Waals surface area (Å²) in [5, 5.41) is 9.37. The smallest absolute Gasteiger partial charge is 0.248 e. The molecule has 2 aromatic carbocycles. The quantitative estimate of drug-likeness (QED) is 0.319. The van der Waals surface area contributed by atoms with E-state index < -0.39 is 29.3 Å². The van der Waals surface area contributed by atoms with Crippen LogP contribution in [-0.4, -0.2) is 49.2 Å². The fourth-order valence-corrected chi connectivity index (χ4v) is 4.26. The molecule has 220 valence electrons. The maximum Gasteiger partial charge on any atom is 0.248 e. The first-order valence-electron chi connectivity index (χ1n) is 13.3. The van der Waals surface area contributed by atoms with E-state index in [1.807, 2.05) is 27.7 Å². The van der Waals surface area contributed by atoms with Gasteiger partial charge in [-0.05, 0) is 52.8 Å². The maximum absolute atomic E-state index is 14.0. The summed E-state index contributed by atoms with van der Waals surface area (Å²) in [4.78, 5) is 42.1. The van der Waals surface area contributed by atoms with Gasteiger partial charge in [0.1, 0.15) is 17.6 Å². The van der Waals surface area contributed by atoms with Crippen LogP contribution in [0.2, 0.25) is 0 Å². The molecule has 1 atom stereocenters. The molecule has 0 aliphatic rings. The van der Waals surface area contributed by atoms with Crippen LogP contribution in [-0.2, 0) is 14.4 Å². The number of nitrogens with one attached hydrogen (secondary N) is 2.